The lowest BCUT2D eigenvalue weighted by Crippen LogP contribution is -2.29. The fourth-order valence-electron chi connectivity index (χ4n) is 3.49. The van der Waals surface area contributed by atoms with Gasteiger partial charge in [0.2, 0.25) is 0 Å². The SMILES string of the molecule is FC1CNCC1Nc1cccc(-c2cnc3cc(C4CC4)ccn23)n1. The molecule has 0 bridgehead atoms. The number of nitrogens with zero attached hydrogens (tertiary/aromatic N) is 3. The van der Waals surface area contributed by atoms with Gasteiger partial charge in [0.05, 0.1) is 23.6 Å². The summed E-state index contributed by atoms with van der Waals surface area (Å²) in [5, 5.41) is 6.24. The average molecular weight is 337 g/mol. The van der Waals surface area contributed by atoms with Gasteiger partial charge in [0, 0.05) is 19.3 Å². The van der Waals surface area contributed by atoms with Gasteiger partial charge >= 0.3 is 0 Å². The third kappa shape index (κ3) is 2.76. The van der Waals surface area contributed by atoms with E-state index >= 15 is 0 Å². The monoisotopic (exact) mass is 337 g/mol. The number of pyridine rings is 2. The molecule has 0 aromatic carbocycles. The number of rotatable bonds is 4. The van der Waals surface area contributed by atoms with Crippen LogP contribution in [0.3, 0.4) is 0 Å². The summed E-state index contributed by atoms with van der Waals surface area (Å²) in [5.74, 6) is 1.41. The molecule has 1 saturated carbocycles. The van der Waals surface area contributed by atoms with Gasteiger partial charge < -0.3 is 10.6 Å². The quantitative estimate of drug-likeness (QED) is 0.768. The summed E-state index contributed by atoms with van der Waals surface area (Å²) in [5.41, 5.74) is 4.10. The second kappa shape index (κ2) is 5.81. The van der Waals surface area contributed by atoms with Crippen LogP contribution in [0.2, 0.25) is 0 Å². The normalized spacial score (nSPS) is 23.2. The maximum atomic E-state index is 13.8. The van der Waals surface area contributed by atoms with E-state index in [4.69, 9.17) is 0 Å². The van der Waals surface area contributed by atoms with Crippen molar-refractivity contribution in [2.45, 2.75) is 31.0 Å². The molecule has 0 spiro atoms. The molecule has 3 aromatic heterocycles. The molecule has 2 atom stereocenters. The molecule has 0 amide bonds. The number of halogens is 1. The fraction of sp³-hybridized carbons (Fsp3) is 0.368. The van der Waals surface area contributed by atoms with Gasteiger partial charge in [-0.25, -0.2) is 14.4 Å². The Kier molecular flexibility index (Phi) is 3.45. The highest BCUT2D eigenvalue weighted by molar-refractivity contribution is 5.62. The summed E-state index contributed by atoms with van der Waals surface area (Å²) in [6.07, 6.45) is 5.61. The maximum Gasteiger partial charge on any atom is 0.137 e. The van der Waals surface area contributed by atoms with Crippen LogP contribution in [0.1, 0.15) is 24.3 Å². The molecule has 2 aliphatic rings. The Balaban J connectivity index is 1.46. The van der Waals surface area contributed by atoms with Crippen LogP contribution in [-0.4, -0.2) is 39.7 Å². The van der Waals surface area contributed by atoms with Crippen LogP contribution in [0.25, 0.3) is 17.0 Å². The van der Waals surface area contributed by atoms with E-state index in [1.54, 1.807) is 0 Å². The number of aromatic nitrogens is 3. The minimum Gasteiger partial charge on any atom is -0.363 e. The predicted octanol–water partition coefficient (Wildman–Crippen LogP) is 3.00. The number of alkyl halides is 1. The lowest BCUT2D eigenvalue weighted by molar-refractivity contribution is 0.342. The molecule has 2 fully saturated rings. The Labute approximate surface area is 145 Å². The molecule has 128 valence electrons. The first-order valence-corrected chi connectivity index (χ1v) is 8.84. The Morgan fingerprint density at radius 1 is 1.20 bits per heavy atom. The topological polar surface area (TPSA) is 54.2 Å². The average Bonchev–Trinajstić information content (AvgIpc) is 3.28. The van der Waals surface area contributed by atoms with Crippen LogP contribution in [0, 0.1) is 0 Å². The van der Waals surface area contributed by atoms with Crippen LogP contribution in [0.15, 0.2) is 42.7 Å². The Hall–Kier alpha value is -2.47. The van der Waals surface area contributed by atoms with E-state index in [1.807, 2.05) is 24.4 Å². The molecule has 5 rings (SSSR count). The molecule has 3 aromatic rings. The Morgan fingerprint density at radius 3 is 2.92 bits per heavy atom. The molecule has 1 aliphatic heterocycles. The molecule has 2 unspecified atom stereocenters. The van der Waals surface area contributed by atoms with E-state index in [1.165, 1.54) is 18.4 Å². The summed E-state index contributed by atoms with van der Waals surface area (Å²) < 4.78 is 15.9. The first-order chi connectivity index (χ1) is 12.3. The third-order valence-corrected chi connectivity index (χ3v) is 5.07. The van der Waals surface area contributed by atoms with Gasteiger partial charge in [-0.15, -0.1) is 0 Å². The van der Waals surface area contributed by atoms with Crippen molar-refractivity contribution in [3.8, 4) is 11.4 Å². The van der Waals surface area contributed by atoms with E-state index in [0.717, 1.165) is 17.0 Å². The number of anilines is 1. The smallest absolute Gasteiger partial charge is 0.137 e. The van der Waals surface area contributed by atoms with Gasteiger partial charge in [-0.2, -0.15) is 0 Å². The van der Waals surface area contributed by atoms with Crippen molar-refractivity contribution in [1.82, 2.24) is 19.7 Å². The van der Waals surface area contributed by atoms with Crippen LogP contribution in [0.5, 0.6) is 0 Å². The van der Waals surface area contributed by atoms with Crippen LogP contribution in [-0.2, 0) is 0 Å². The van der Waals surface area contributed by atoms with E-state index in [9.17, 15) is 4.39 Å². The zero-order valence-electron chi connectivity index (χ0n) is 13.8. The van der Waals surface area contributed by atoms with Gasteiger partial charge in [-0.05, 0) is 48.6 Å². The highest BCUT2D eigenvalue weighted by Crippen LogP contribution is 2.40. The van der Waals surface area contributed by atoms with E-state index in [0.29, 0.717) is 24.8 Å². The molecule has 6 heteroatoms. The highest BCUT2D eigenvalue weighted by Gasteiger charge is 2.27. The van der Waals surface area contributed by atoms with E-state index < -0.39 is 6.17 Å². The summed E-state index contributed by atoms with van der Waals surface area (Å²) in [4.78, 5) is 9.21. The first kappa shape index (κ1) is 14.8. The van der Waals surface area contributed by atoms with Crippen molar-refractivity contribution in [3.05, 3.63) is 48.3 Å². The first-order valence-electron chi connectivity index (χ1n) is 8.84. The summed E-state index contributed by atoms with van der Waals surface area (Å²) in [6, 6.07) is 9.90. The number of hydrogen-bond acceptors (Lipinski definition) is 4. The van der Waals surface area contributed by atoms with Crippen LogP contribution in [0.4, 0.5) is 10.2 Å². The number of nitrogens with one attached hydrogen (secondary N) is 2. The lowest BCUT2D eigenvalue weighted by atomic mass is 10.2. The van der Waals surface area contributed by atoms with Crippen molar-refractivity contribution in [3.63, 3.8) is 0 Å². The van der Waals surface area contributed by atoms with Gasteiger partial charge in [0.1, 0.15) is 17.6 Å². The molecule has 5 nitrogen and oxygen atoms in total. The molecule has 4 heterocycles. The summed E-state index contributed by atoms with van der Waals surface area (Å²) in [7, 11) is 0. The zero-order valence-corrected chi connectivity index (χ0v) is 13.8. The highest BCUT2D eigenvalue weighted by atomic mass is 19.1. The molecule has 0 radical (unpaired) electrons. The standard InChI is InChI=1S/C19H20FN5/c20-14-9-21-10-16(14)24-18-3-1-2-15(23-18)17-11-22-19-8-13(12-4-5-12)6-7-25(17)19/h1-3,6-8,11-12,14,16,21H,4-5,9-10H2,(H,23,24). The number of fused-ring (bicyclic) bond motifs is 1. The molecule has 1 aliphatic carbocycles. The van der Waals surface area contributed by atoms with E-state index in [2.05, 4.69) is 43.3 Å². The van der Waals surface area contributed by atoms with Crippen LogP contribution >= 0.6 is 0 Å². The molecule has 2 N–H and O–H groups in total. The molecular formula is C19H20FN5. The number of hydrogen-bond donors (Lipinski definition) is 2. The van der Waals surface area contributed by atoms with Crippen molar-refractivity contribution >= 4 is 11.5 Å². The third-order valence-electron chi connectivity index (χ3n) is 5.07. The van der Waals surface area contributed by atoms with Crippen LogP contribution < -0.4 is 10.6 Å². The number of imidazole rings is 1. The minimum absolute atomic E-state index is 0.231. The lowest BCUT2D eigenvalue weighted by Gasteiger charge is -2.15. The largest absolute Gasteiger partial charge is 0.363 e. The molecule has 1 saturated heterocycles. The fourth-order valence-corrected chi connectivity index (χ4v) is 3.49. The summed E-state index contributed by atoms with van der Waals surface area (Å²) in [6.45, 7) is 1.01. The molecule has 25 heavy (non-hydrogen) atoms. The van der Waals surface area contributed by atoms with Crippen molar-refractivity contribution in [2.75, 3.05) is 18.4 Å². The Morgan fingerprint density at radius 2 is 2.12 bits per heavy atom. The van der Waals surface area contributed by atoms with Gasteiger partial charge in [0.25, 0.3) is 0 Å². The van der Waals surface area contributed by atoms with Gasteiger partial charge in [-0.3, -0.25) is 4.40 Å². The zero-order chi connectivity index (χ0) is 16.8. The minimum atomic E-state index is -0.887. The summed E-state index contributed by atoms with van der Waals surface area (Å²) >= 11 is 0. The van der Waals surface area contributed by atoms with Crippen molar-refractivity contribution < 1.29 is 4.39 Å². The van der Waals surface area contributed by atoms with Gasteiger partial charge in [0.15, 0.2) is 0 Å². The van der Waals surface area contributed by atoms with Crippen molar-refractivity contribution in [1.29, 1.82) is 0 Å². The van der Waals surface area contributed by atoms with Gasteiger partial charge in [-0.1, -0.05) is 6.07 Å². The van der Waals surface area contributed by atoms with Crippen molar-refractivity contribution in [2.24, 2.45) is 0 Å². The van der Waals surface area contributed by atoms with E-state index in [-0.39, 0.29) is 6.04 Å². The molecular weight excluding hydrogens is 317 g/mol. The maximum absolute atomic E-state index is 13.8. The predicted molar refractivity (Wildman–Crippen MR) is 95.6 cm³/mol. The Bertz CT molecular complexity index is 917. The second-order valence-electron chi connectivity index (χ2n) is 6.94. The second-order valence-corrected chi connectivity index (χ2v) is 6.94.